The number of piperazine rings is 1. The van der Waals surface area contributed by atoms with Gasteiger partial charge in [-0.2, -0.15) is 0 Å². The molecule has 5 heteroatoms. The predicted molar refractivity (Wildman–Crippen MR) is 105 cm³/mol. The van der Waals surface area contributed by atoms with E-state index in [1.54, 1.807) is 0 Å². The maximum atomic E-state index is 4.47. The maximum Gasteiger partial charge on any atom is 0.128 e. The summed E-state index contributed by atoms with van der Waals surface area (Å²) in [5, 5.41) is 0. The fraction of sp³-hybridized carbons (Fsp3) is 0.450. The van der Waals surface area contributed by atoms with E-state index in [1.807, 2.05) is 24.2 Å². The molecule has 132 valence electrons. The summed E-state index contributed by atoms with van der Waals surface area (Å²) >= 11 is 1.94. The van der Waals surface area contributed by atoms with Crippen molar-refractivity contribution in [2.75, 3.05) is 50.7 Å². The molecule has 0 spiro atoms. The van der Waals surface area contributed by atoms with Crippen molar-refractivity contribution in [1.82, 2.24) is 14.2 Å². The average Bonchev–Trinajstić information content (AvgIpc) is 2.69. The monoisotopic (exact) mass is 354 g/mol. The lowest BCUT2D eigenvalue weighted by molar-refractivity contribution is 0.247. The molecular formula is C20H26N4S. The molecule has 1 aromatic carbocycles. The van der Waals surface area contributed by atoms with E-state index in [9.17, 15) is 0 Å². The molecular weight excluding hydrogens is 328 g/mol. The SMILES string of the molecule is c1ccc(N2CCN(CCCN3CCc4ccccc4S3)CC2)nc1. The van der Waals surface area contributed by atoms with Crippen LogP contribution in [0.4, 0.5) is 5.82 Å². The lowest BCUT2D eigenvalue weighted by Crippen LogP contribution is -2.47. The lowest BCUT2D eigenvalue weighted by atomic mass is 10.1. The van der Waals surface area contributed by atoms with Gasteiger partial charge in [0.2, 0.25) is 0 Å². The van der Waals surface area contributed by atoms with Crippen LogP contribution in [0.3, 0.4) is 0 Å². The molecule has 0 saturated carbocycles. The summed E-state index contributed by atoms with van der Waals surface area (Å²) in [4.78, 5) is 10.9. The van der Waals surface area contributed by atoms with Crippen molar-refractivity contribution in [3.63, 3.8) is 0 Å². The van der Waals surface area contributed by atoms with Gasteiger partial charge in [0.25, 0.3) is 0 Å². The van der Waals surface area contributed by atoms with E-state index < -0.39 is 0 Å². The Hall–Kier alpha value is -1.56. The van der Waals surface area contributed by atoms with Crippen LogP contribution in [0.2, 0.25) is 0 Å². The minimum absolute atomic E-state index is 1.09. The molecule has 4 rings (SSSR count). The largest absolute Gasteiger partial charge is 0.354 e. The Bertz CT molecular complexity index is 670. The zero-order chi connectivity index (χ0) is 16.9. The van der Waals surface area contributed by atoms with Crippen LogP contribution in [0.25, 0.3) is 0 Å². The summed E-state index contributed by atoms with van der Waals surface area (Å²) in [6.45, 7) is 8.02. The Labute approximate surface area is 155 Å². The minimum atomic E-state index is 1.09. The Kier molecular flexibility index (Phi) is 5.55. The van der Waals surface area contributed by atoms with Crippen LogP contribution in [-0.2, 0) is 6.42 Å². The molecule has 0 aliphatic carbocycles. The van der Waals surface area contributed by atoms with Crippen LogP contribution in [0, 0.1) is 0 Å². The molecule has 1 fully saturated rings. The van der Waals surface area contributed by atoms with Gasteiger partial charge in [-0.05, 0) is 55.1 Å². The van der Waals surface area contributed by atoms with Crippen LogP contribution in [0.15, 0.2) is 53.6 Å². The van der Waals surface area contributed by atoms with Gasteiger partial charge < -0.3 is 4.90 Å². The van der Waals surface area contributed by atoms with Crippen LogP contribution in [-0.4, -0.2) is 60.0 Å². The molecule has 0 amide bonds. The van der Waals surface area contributed by atoms with Gasteiger partial charge in [0.1, 0.15) is 5.82 Å². The number of anilines is 1. The first-order valence-corrected chi connectivity index (χ1v) is 10.0. The highest BCUT2D eigenvalue weighted by Crippen LogP contribution is 2.31. The molecule has 0 bridgehead atoms. The number of hydrogen-bond acceptors (Lipinski definition) is 5. The van der Waals surface area contributed by atoms with Gasteiger partial charge in [-0.1, -0.05) is 24.3 Å². The summed E-state index contributed by atoms with van der Waals surface area (Å²) in [5.41, 5.74) is 1.51. The van der Waals surface area contributed by atoms with Crippen LogP contribution < -0.4 is 4.90 Å². The Morgan fingerprint density at radius 1 is 0.880 bits per heavy atom. The van der Waals surface area contributed by atoms with Gasteiger partial charge in [0, 0.05) is 50.4 Å². The van der Waals surface area contributed by atoms with Gasteiger partial charge in [0.05, 0.1) is 0 Å². The van der Waals surface area contributed by atoms with Crippen LogP contribution >= 0.6 is 11.9 Å². The first kappa shape index (κ1) is 16.9. The van der Waals surface area contributed by atoms with E-state index in [0.717, 1.165) is 32.0 Å². The molecule has 4 nitrogen and oxygen atoms in total. The molecule has 2 aromatic rings. The predicted octanol–water partition coefficient (Wildman–Crippen LogP) is 3.16. The third-order valence-corrected chi connectivity index (χ3v) is 6.28. The highest BCUT2D eigenvalue weighted by atomic mass is 32.2. The topological polar surface area (TPSA) is 22.6 Å². The zero-order valence-corrected chi connectivity index (χ0v) is 15.5. The van der Waals surface area contributed by atoms with Gasteiger partial charge in [0.15, 0.2) is 0 Å². The van der Waals surface area contributed by atoms with Crippen molar-refractivity contribution in [3.05, 3.63) is 54.2 Å². The maximum absolute atomic E-state index is 4.47. The first-order valence-electron chi connectivity index (χ1n) is 9.28. The van der Waals surface area contributed by atoms with Crippen molar-refractivity contribution in [2.24, 2.45) is 0 Å². The van der Waals surface area contributed by atoms with Crippen molar-refractivity contribution in [2.45, 2.75) is 17.7 Å². The number of nitrogens with zero attached hydrogens (tertiary/aromatic N) is 4. The Morgan fingerprint density at radius 2 is 1.72 bits per heavy atom. The number of fused-ring (bicyclic) bond motifs is 1. The summed E-state index contributed by atoms with van der Waals surface area (Å²) in [6.07, 6.45) is 4.32. The van der Waals surface area contributed by atoms with Crippen molar-refractivity contribution < 1.29 is 0 Å². The smallest absolute Gasteiger partial charge is 0.128 e. The highest BCUT2D eigenvalue weighted by molar-refractivity contribution is 7.97. The number of benzene rings is 1. The summed E-state index contributed by atoms with van der Waals surface area (Å²) in [6, 6.07) is 15.0. The number of rotatable bonds is 5. The molecule has 3 heterocycles. The van der Waals surface area contributed by atoms with E-state index in [2.05, 4.69) is 55.5 Å². The summed E-state index contributed by atoms with van der Waals surface area (Å²) < 4.78 is 2.53. The van der Waals surface area contributed by atoms with Crippen molar-refractivity contribution in [1.29, 1.82) is 0 Å². The normalized spacial score (nSPS) is 19.0. The van der Waals surface area contributed by atoms with Gasteiger partial charge in [-0.15, -0.1) is 0 Å². The third-order valence-electron chi connectivity index (χ3n) is 5.06. The van der Waals surface area contributed by atoms with E-state index >= 15 is 0 Å². The van der Waals surface area contributed by atoms with E-state index in [0.29, 0.717) is 0 Å². The lowest BCUT2D eigenvalue weighted by Gasteiger charge is -2.36. The standard InChI is InChI=1S/C20H26N4S/c1-2-7-19-18(6-1)9-13-24(25-19)12-5-11-22-14-16-23(17-15-22)20-8-3-4-10-21-20/h1-4,6-8,10H,5,9,11-17H2. The first-order chi connectivity index (χ1) is 12.4. The fourth-order valence-electron chi connectivity index (χ4n) is 3.60. The average molecular weight is 355 g/mol. The molecule has 0 radical (unpaired) electrons. The number of aromatic nitrogens is 1. The van der Waals surface area contributed by atoms with E-state index in [4.69, 9.17) is 0 Å². The molecule has 1 aromatic heterocycles. The van der Waals surface area contributed by atoms with Crippen LogP contribution in [0.5, 0.6) is 0 Å². The molecule has 0 unspecified atom stereocenters. The molecule has 0 atom stereocenters. The second kappa shape index (κ2) is 8.21. The third kappa shape index (κ3) is 4.35. The Morgan fingerprint density at radius 3 is 2.56 bits per heavy atom. The van der Waals surface area contributed by atoms with Crippen molar-refractivity contribution in [3.8, 4) is 0 Å². The van der Waals surface area contributed by atoms with E-state index in [1.165, 1.54) is 42.9 Å². The summed E-state index contributed by atoms with van der Waals surface area (Å²) in [7, 11) is 0. The molecule has 0 N–H and O–H groups in total. The van der Waals surface area contributed by atoms with E-state index in [-0.39, 0.29) is 0 Å². The zero-order valence-electron chi connectivity index (χ0n) is 14.7. The van der Waals surface area contributed by atoms with Gasteiger partial charge >= 0.3 is 0 Å². The molecule has 2 aliphatic heterocycles. The quantitative estimate of drug-likeness (QED) is 0.767. The Balaban J connectivity index is 1.18. The summed E-state index contributed by atoms with van der Waals surface area (Å²) in [5.74, 6) is 1.12. The molecule has 25 heavy (non-hydrogen) atoms. The fourth-order valence-corrected chi connectivity index (χ4v) is 4.71. The van der Waals surface area contributed by atoms with Gasteiger partial charge in [-0.25, -0.2) is 9.29 Å². The second-order valence-corrected chi connectivity index (χ2v) is 7.89. The molecule has 2 aliphatic rings. The van der Waals surface area contributed by atoms with Crippen molar-refractivity contribution >= 4 is 17.8 Å². The number of pyridine rings is 1. The minimum Gasteiger partial charge on any atom is -0.354 e. The van der Waals surface area contributed by atoms with Gasteiger partial charge in [-0.3, -0.25) is 4.90 Å². The number of hydrogen-bond donors (Lipinski definition) is 0. The van der Waals surface area contributed by atoms with Crippen LogP contribution in [0.1, 0.15) is 12.0 Å². The second-order valence-electron chi connectivity index (χ2n) is 6.75. The molecule has 1 saturated heterocycles. The highest BCUT2D eigenvalue weighted by Gasteiger charge is 2.19.